The predicted octanol–water partition coefficient (Wildman–Crippen LogP) is 3.95. The van der Waals surface area contributed by atoms with E-state index in [0.717, 1.165) is 29.6 Å². The van der Waals surface area contributed by atoms with Crippen molar-refractivity contribution in [2.75, 3.05) is 6.54 Å². The van der Waals surface area contributed by atoms with E-state index in [9.17, 15) is 0 Å². The van der Waals surface area contributed by atoms with Gasteiger partial charge in [-0.05, 0) is 46.9 Å². The average molecular weight is 350 g/mol. The Hall–Kier alpha value is -1.13. The summed E-state index contributed by atoms with van der Waals surface area (Å²) in [6.45, 7) is 7.37. The van der Waals surface area contributed by atoms with Crippen LogP contribution in [0.3, 0.4) is 0 Å². The number of nitrogens with zero attached hydrogens (tertiary/aromatic N) is 2. The fraction of sp³-hybridized carbons (Fsp3) is 0.471. The molecule has 1 heterocycles. The Morgan fingerprint density at radius 2 is 2.00 bits per heavy atom. The highest BCUT2D eigenvalue weighted by molar-refractivity contribution is 9.10. The summed E-state index contributed by atoms with van der Waals surface area (Å²) >= 11 is 3.68. The summed E-state index contributed by atoms with van der Waals surface area (Å²) in [5.41, 5.74) is 5.10. The first-order valence-electron chi connectivity index (χ1n) is 7.57. The van der Waals surface area contributed by atoms with Crippen LogP contribution in [0.5, 0.6) is 0 Å². The lowest BCUT2D eigenvalue weighted by atomic mass is 9.95. The van der Waals surface area contributed by atoms with E-state index >= 15 is 0 Å². The minimum atomic E-state index is 0.317. The molecule has 1 N–H and O–H groups in total. The first-order chi connectivity index (χ1) is 10.1. The van der Waals surface area contributed by atoms with Gasteiger partial charge in [-0.25, -0.2) is 0 Å². The Bertz CT molecular complexity index is 604. The number of benzene rings is 1. The van der Waals surface area contributed by atoms with E-state index in [-0.39, 0.29) is 0 Å². The van der Waals surface area contributed by atoms with Crippen molar-refractivity contribution in [1.29, 1.82) is 0 Å². The van der Waals surface area contributed by atoms with Gasteiger partial charge in [-0.15, -0.1) is 0 Å². The highest BCUT2D eigenvalue weighted by atomic mass is 79.9. The topological polar surface area (TPSA) is 29.9 Å². The van der Waals surface area contributed by atoms with Crippen molar-refractivity contribution in [2.24, 2.45) is 7.05 Å². The fourth-order valence-corrected chi connectivity index (χ4v) is 3.33. The Labute approximate surface area is 135 Å². The summed E-state index contributed by atoms with van der Waals surface area (Å²) in [4.78, 5) is 0. The molecule has 0 bridgehead atoms. The Morgan fingerprint density at radius 1 is 1.29 bits per heavy atom. The van der Waals surface area contributed by atoms with Gasteiger partial charge in [0, 0.05) is 19.5 Å². The Kier molecular flexibility index (Phi) is 5.59. The van der Waals surface area contributed by atoms with Crippen molar-refractivity contribution in [3.63, 3.8) is 0 Å². The molecule has 0 spiro atoms. The summed E-state index contributed by atoms with van der Waals surface area (Å²) in [7, 11) is 2.02. The van der Waals surface area contributed by atoms with Crippen LogP contribution in [-0.4, -0.2) is 16.3 Å². The third-order valence-electron chi connectivity index (χ3n) is 3.92. The van der Waals surface area contributed by atoms with Gasteiger partial charge >= 0.3 is 0 Å². The summed E-state index contributed by atoms with van der Waals surface area (Å²) in [5.74, 6) is 0. The number of hydrogen-bond acceptors (Lipinski definition) is 2. The maximum absolute atomic E-state index is 4.50. The third-order valence-corrected chi connectivity index (χ3v) is 4.95. The smallest absolute Gasteiger partial charge is 0.0738 e. The van der Waals surface area contributed by atoms with Crippen molar-refractivity contribution in [3.8, 4) is 0 Å². The molecule has 0 fully saturated rings. The molecule has 2 aromatic rings. The van der Waals surface area contributed by atoms with E-state index in [1.165, 1.54) is 16.8 Å². The van der Waals surface area contributed by atoms with Crippen LogP contribution < -0.4 is 5.32 Å². The average Bonchev–Trinajstić information content (AvgIpc) is 2.73. The van der Waals surface area contributed by atoms with Gasteiger partial charge in [-0.3, -0.25) is 4.68 Å². The third kappa shape index (κ3) is 3.55. The van der Waals surface area contributed by atoms with Crippen molar-refractivity contribution in [1.82, 2.24) is 15.1 Å². The van der Waals surface area contributed by atoms with Gasteiger partial charge in [-0.2, -0.15) is 5.10 Å². The van der Waals surface area contributed by atoms with Gasteiger partial charge in [0.15, 0.2) is 0 Å². The molecule has 1 aromatic carbocycles. The van der Waals surface area contributed by atoms with E-state index in [2.05, 4.69) is 64.5 Å². The second-order valence-electron chi connectivity index (χ2n) is 5.34. The zero-order valence-corrected chi connectivity index (χ0v) is 14.9. The molecule has 1 unspecified atom stereocenters. The number of aromatic nitrogens is 2. The van der Waals surface area contributed by atoms with Gasteiger partial charge in [0.1, 0.15) is 0 Å². The predicted molar refractivity (Wildman–Crippen MR) is 91.6 cm³/mol. The zero-order chi connectivity index (χ0) is 15.4. The van der Waals surface area contributed by atoms with Gasteiger partial charge in [0.05, 0.1) is 15.9 Å². The van der Waals surface area contributed by atoms with E-state index in [1.807, 2.05) is 18.7 Å². The normalized spacial score (nSPS) is 12.6. The van der Waals surface area contributed by atoms with Crippen molar-refractivity contribution >= 4 is 15.9 Å². The largest absolute Gasteiger partial charge is 0.310 e. The highest BCUT2D eigenvalue weighted by Crippen LogP contribution is 2.27. The summed E-state index contributed by atoms with van der Waals surface area (Å²) in [6.07, 6.45) is 1.99. The zero-order valence-electron chi connectivity index (χ0n) is 13.3. The lowest BCUT2D eigenvalue weighted by Gasteiger charge is -2.21. The molecule has 114 valence electrons. The molecule has 0 aliphatic heterocycles. The molecule has 0 saturated carbocycles. The Morgan fingerprint density at radius 3 is 2.57 bits per heavy atom. The number of rotatable bonds is 6. The van der Waals surface area contributed by atoms with Crippen LogP contribution in [-0.2, 0) is 19.9 Å². The molecule has 2 rings (SSSR count). The lowest BCUT2D eigenvalue weighted by Crippen LogP contribution is -2.25. The van der Waals surface area contributed by atoms with Gasteiger partial charge < -0.3 is 5.32 Å². The number of likely N-dealkylation sites (N-methyl/N-ethyl adjacent to an activating group) is 1. The van der Waals surface area contributed by atoms with Gasteiger partial charge in [-0.1, -0.05) is 38.1 Å². The molecular weight excluding hydrogens is 326 g/mol. The van der Waals surface area contributed by atoms with E-state index in [0.29, 0.717) is 6.04 Å². The molecule has 3 nitrogen and oxygen atoms in total. The summed E-state index contributed by atoms with van der Waals surface area (Å²) in [5, 5.41) is 8.13. The molecule has 0 aliphatic rings. The monoisotopic (exact) mass is 349 g/mol. The second-order valence-corrected chi connectivity index (χ2v) is 6.13. The number of hydrogen-bond donors (Lipinski definition) is 1. The minimum Gasteiger partial charge on any atom is -0.310 e. The van der Waals surface area contributed by atoms with Crippen molar-refractivity contribution in [3.05, 3.63) is 51.3 Å². The fourth-order valence-electron chi connectivity index (χ4n) is 2.83. The van der Waals surface area contributed by atoms with Crippen LogP contribution in [0, 0.1) is 6.92 Å². The minimum absolute atomic E-state index is 0.317. The molecule has 0 amide bonds. The standard InChI is InChI=1S/C17H24BrN3/c1-5-13-9-7-8-10-14(13)15(19-6-2)11-16-17(18)12(3)20-21(16)4/h7-10,15,19H,5-6,11H2,1-4H3. The van der Waals surface area contributed by atoms with Crippen LogP contribution in [0.15, 0.2) is 28.7 Å². The van der Waals surface area contributed by atoms with Crippen LogP contribution in [0.25, 0.3) is 0 Å². The quantitative estimate of drug-likeness (QED) is 0.855. The van der Waals surface area contributed by atoms with Gasteiger partial charge in [0.2, 0.25) is 0 Å². The number of aryl methyl sites for hydroxylation is 3. The molecule has 4 heteroatoms. The molecule has 0 saturated heterocycles. The van der Waals surface area contributed by atoms with Crippen molar-refractivity contribution in [2.45, 2.75) is 39.7 Å². The van der Waals surface area contributed by atoms with Crippen LogP contribution >= 0.6 is 15.9 Å². The Balaban J connectivity index is 2.35. The van der Waals surface area contributed by atoms with Gasteiger partial charge in [0.25, 0.3) is 0 Å². The second kappa shape index (κ2) is 7.23. The molecule has 1 aromatic heterocycles. The molecule has 1 atom stereocenters. The SMILES string of the molecule is CCNC(Cc1c(Br)c(C)nn1C)c1ccccc1CC. The number of halogens is 1. The molecule has 0 radical (unpaired) electrons. The van der Waals surface area contributed by atoms with Crippen LogP contribution in [0.1, 0.15) is 42.4 Å². The molecule has 21 heavy (non-hydrogen) atoms. The highest BCUT2D eigenvalue weighted by Gasteiger charge is 2.19. The summed E-state index contributed by atoms with van der Waals surface area (Å²) in [6, 6.07) is 9.03. The molecular formula is C17H24BrN3. The van der Waals surface area contributed by atoms with Crippen LogP contribution in [0.2, 0.25) is 0 Å². The number of nitrogens with one attached hydrogen (secondary N) is 1. The molecule has 0 aliphatic carbocycles. The first kappa shape index (κ1) is 16.2. The van der Waals surface area contributed by atoms with E-state index in [1.54, 1.807) is 0 Å². The van der Waals surface area contributed by atoms with E-state index in [4.69, 9.17) is 0 Å². The lowest BCUT2D eigenvalue weighted by molar-refractivity contribution is 0.524. The maximum Gasteiger partial charge on any atom is 0.0738 e. The van der Waals surface area contributed by atoms with E-state index < -0.39 is 0 Å². The maximum atomic E-state index is 4.50. The van der Waals surface area contributed by atoms with Crippen LogP contribution in [0.4, 0.5) is 0 Å². The summed E-state index contributed by atoms with van der Waals surface area (Å²) < 4.78 is 3.11. The first-order valence-corrected chi connectivity index (χ1v) is 8.36. The van der Waals surface area contributed by atoms with Crippen molar-refractivity contribution < 1.29 is 0 Å².